The Morgan fingerprint density at radius 3 is 2.56 bits per heavy atom. The molecular weight excluding hydrogens is 309 g/mol. The molecule has 1 aromatic rings. The summed E-state index contributed by atoms with van der Waals surface area (Å²) < 4.78 is 14.0. The van der Waals surface area contributed by atoms with Gasteiger partial charge in [0.25, 0.3) is 0 Å². The normalized spacial score (nSPS) is 15.3. The summed E-state index contributed by atoms with van der Waals surface area (Å²) in [5, 5.41) is 8.99. The summed E-state index contributed by atoms with van der Waals surface area (Å²) in [5.41, 5.74) is -0.716. The summed E-state index contributed by atoms with van der Waals surface area (Å²) in [6.07, 6.45) is -0.328. The molecule has 5 nitrogen and oxygen atoms in total. The monoisotopic (exact) mass is 315 g/mol. The largest absolute Gasteiger partial charge is 0.478 e. The standard InChI is InChI=1S/C11H7BrFNO4/c12-7-2-1-6(11(17)18)10(9(7)13)14-4-5(15)3-8(14)16/h1-2H,3-4H2,(H,17,18). The number of hydrogen-bond donors (Lipinski definition) is 1. The number of halogens is 2. The third kappa shape index (κ3) is 2.01. The predicted octanol–water partition coefficient (Wildman–Crippen LogP) is 1.59. The van der Waals surface area contributed by atoms with Crippen LogP contribution in [0.15, 0.2) is 16.6 Å². The number of benzene rings is 1. The second-order valence-corrected chi connectivity index (χ2v) is 4.61. The zero-order valence-corrected chi connectivity index (χ0v) is 10.5. The fourth-order valence-electron chi connectivity index (χ4n) is 1.76. The highest BCUT2D eigenvalue weighted by molar-refractivity contribution is 9.10. The molecule has 2 rings (SSSR count). The molecule has 1 N–H and O–H groups in total. The molecule has 0 spiro atoms. The van der Waals surface area contributed by atoms with Gasteiger partial charge in [-0.1, -0.05) is 0 Å². The molecular formula is C11H7BrFNO4. The van der Waals surface area contributed by atoms with Crippen molar-refractivity contribution in [3.63, 3.8) is 0 Å². The maximum absolute atomic E-state index is 14.0. The highest BCUT2D eigenvalue weighted by atomic mass is 79.9. The van der Waals surface area contributed by atoms with E-state index in [2.05, 4.69) is 15.9 Å². The first-order valence-corrected chi connectivity index (χ1v) is 5.74. The Hall–Kier alpha value is -1.76. The van der Waals surface area contributed by atoms with Gasteiger partial charge in [0.2, 0.25) is 5.91 Å². The molecule has 18 heavy (non-hydrogen) atoms. The van der Waals surface area contributed by atoms with E-state index in [1.165, 1.54) is 12.1 Å². The minimum Gasteiger partial charge on any atom is -0.478 e. The van der Waals surface area contributed by atoms with Crippen LogP contribution in [0.5, 0.6) is 0 Å². The van der Waals surface area contributed by atoms with Crippen molar-refractivity contribution in [3.8, 4) is 0 Å². The number of nitrogens with zero attached hydrogens (tertiary/aromatic N) is 1. The zero-order chi connectivity index (χ0) is 13.4. The fourth-order valence-corrected chi connectivity index (χ4v) is 2.08. The van der Waals surface area contributed by atoms with Gasteiger partial charge >= 0.3 is 5.97 Å². The van der Waals surface area contributed by atoms with E-state index in [0.717, 1.165) is 4.90 Å². The number of hydrogen-bond acceptors (Lipinski definition) is 3. The number of amides is 1. The smallest absolute Gasteiger partial charge is 0.337 e. The second-order valence-electron chi connectivity index (χ2n) is 3.76. The van der Waals surface area contributed by atoms with Gasteiger partial charge in [-0.2, -0.15) is 0 Å². The molecule has 0 unspecified atom stereocenters. The van der Waals surface area contributed by atoms with E-state index in [9.17, 15) is 18.8 Å². The van der Waals surface area contributed by atoms with Gasteiger partial charge in [0, 0.05) is 0 Å². The molecule has 1 saturated heterocycles. The molecule has 0 bridgehead atoms. The van der Waals surface area contributed by atoms with Gasteiger partial charge in [-0.3, -0.25) is 9.59 Å². The van der Waals surface area contributed by atoms with Crippen molar-refractivity contribution in [2.24, 2.45) is 0 Å². The molecule has 1 fully saturated rings. The summed E-state index contributed by atoms with van der Waals surface area (Å²) in [5.74, 6) is -3.18. The molecule has 1 aromatic carbocycles. The Bertz CT molecular complexity index is 572. The van der Waals surface area contributed by atoms with Crippen LogP contribution in [0, 0.1) is 5.82 Å². The highest BCUT2D eigenvalue weighted by Crippen LogP contribution is 2.32. The lowest BCUT2D eigenvalue weighted by Crippen LogP contribution is -2.28. The number of carboxylic acid groups (broad SMARTS) is 1. The number of aromatic carboxylic acids is 1. The highest BCUT2D eigenvalue weighted by Gasteiger charge is 2.33. The topological polar surface area (TPSA) is 74.7 Å². The SMILES string of the molecule is O=C1CC(=O)N(c2c(C(=O)O)ccc(Br)c2F)C1. The van der Waals surface area contributed by atoms with Crippen molar-refractivity contribution in [1.82, 2.24) is 0 Å². The Labute approximate surface area is 109 Å². The van der Waals surface area contributed by atoms with Crippen LogP contribution in [0.3, 0.4) is 0 Å². The van der Waals surface area contributed by atoms with Gasteiger partial charge in [0.05, 0.1) is 28.7 Å². The molecule has 1 aliphatic heterocycles. The van der Waals surface area contributed by atoms with Crippen LogP contribution < -0.4 is 4.90 Å². The third-order valence-corrected chi connectivity index (χ3v) is 3.17. The summed E-state index contributed by atoms with van der Waals surface area (Å²) >= 11 is 2.92. The summed E-state index contributed by atoms with van der Waals surface area (Å²) in [6.45, 7) is -0.299. The number of anilines is 1. The first-order chi connectivity index (χ1) is 8.41. The van der Waals surface area contributed by atoms with Gasteiger partial charge < -0.3 is 10.0 Å². The zero-order valence-electron chi connectivity index (χ0n) is 8.94. The molecule has 1 amide bonds. The van der Waals surface area contributed by atoms with Crippen molar-refractivity contribution >= 4 is 39.3 Å². The minimum absolute atomic E-state index is 0.0367. The summed E-state index contributed by atoms with van der Waals surface area (Å²) in [4.78, 5) is 34.6. The van der Waals surface area contributed by atoms with Crippen LogP contribution in [0.1, 0.15) is 16.8 Å². The molecule has 0 aromatic heterocycles. The van der Waals surface area contributed by atoms with Crippen LogP contribution in [-0.2, 0) is 9.59 Å². The lowest BCUT2D eigenvalue weighted by atomic mass is 10.1. The molecule has 94 valence electrons. The number of carbonyl (C=O) groups is 3. The molecule has 0 radical (unpaired) electrons. The van der Waals surface area contributed by atoms with E-state index in [1.807, 2.05) is 0 Å². The Morgan fingerprint density at radius 1 is 1.39 bits per heavy atom. The first-order valence-electron chi connectivity index (χ1n) is 4.95. The van der Waals surface area contributed by atoms with Gasteiger partial charge in [-0.15, -0.1) is 0 Å². The van der Waals surface area contributed by atoms with Gasteiger partial charge in [0.1, 0.15) is 0 Å². The third-order valence-electron chi connectivity index (χ3n) is 2.55. The predicted molar refractivity (Wildman–Crippen MR) is 63.0 cm³/mol. The molecule has 1 heterocycles. The van der Waals surface area contributed by atoms with Crippen molar-refractivity contribution in [3.05, 3.63) is 28.0 Å². The lowest BCUT2D eigenvalue weighted by Gasteiger charge is -2.18. The van der Waals surface area contributed by atoms with Gasteiger partial charge in [-0.25, -0.2) is 9.18 Å². The van der Waals surface area contributed by atoms with E-state index in [0.29, 0.717) is 0 Å². The van der Waals surface area contributed by atoms with E-state index in [4.69, 9.17) is 5.11 Å². The Morgan fingerprint density at radius 2 is 2.06 bits per heavy atom. The summed E-state index contributed by atoms with van der Waals surface area (Å²) in [7, 11) is 0. The second kappa shape index (κ2) is 4.49. The number of carbonyl (C=O) groups excluding carboxylic acids is 2. The maximum atomic E-state index is 14.0. The van der Waals surface area contributed by atoms with Crippen LogP contribution >= 0.6 is 15.9 Å². The Kier molecular flexibility index (Phi) is 3.16. The van der Waals surface area contributed by atoms with E-state index in [1.54, 1.807) is 0 Å². The number of ketones is 1. The van der Waals surface area contributed by atoms with Gasteiger partial charge in [0.15, 0.2) is 11.6 Å². The van der Waals surface area contributed by atoms with Gasteiger partial charge in [-0.05, 0) is 28.1 Å². The van der Waals surface area contributed by atoms with Crippen molar-refractivity contribution in [2.45, 2.75) is 6.42 Å². The Balaban J connectivity index is 2.61. The lowest BCUT2D eigenvalue weighted by molar-refractivity contribution is -0.121. The van der Waals surface area contributed by atoms with Crippen molar-refractivity contribution in [1.29, 1.82) is 0 Å². The van der Waals surface area contributed by atoms with Crippen LogP contribution in [0.4, 0.5) is 10.1 Å². The van der Waals surface area contributed by atoms with Crippen LogP contribution in [0.25, 0.3) is 0 Å². The average Bonchev–Trinajstić information content (AvgIpc) is 2.61. The van der Waals surface area contributed by atoms with Crippen molar-refractivity contribution < 1.29 is 23.9 Å². The fraction of sp³-hybridized carbons (Fsp3) is 0.182. The summed E-state index contributed by atoms with van der Waals surface area (Å²) in [6, 6.07) is 2.42. The van der Waals surface area contributed by atoms with E-state index < -0.39 is 17.7 Å². The van der Waals surface area contributed by atoms with Crippen molar-refractivity contribution in [2.75, 3.05) is 11.4 Å². The molecule has 1 aliphatic rings. The van der Waals surface area contributed by atoms with E-state index in [-0.39, 0.29) is 34.5 Å². The molecule has 0 saturated carbocycles. The first kappa shape index (κ1) is 12.7. The molecule has 7 heteroatoms. The molecule has 0 aliphatic carbocycles. The van der Waals surface area contributed by atoms with E-state index >= 15 is 0 Å². The minimum atomic E-state index is -1.36. The average molecular weight is 316 g/mol. The quantitative estimate of drug-likeness (QED) is 0.841. The number of carboxylic acids is 1. The van der Waals surface area contributed by atoms with Crippen LogP contribution in [-0.4, -0.2) is 29.3 Å². The number of Topliss-reactive ketones (excluding diaryl/α,β-unsaturated/α-hetero) is 1. The van der Waals surface area contributed by atoms with Crippen LogP contribution in [0.2, 0.25) is 0 Å². The molecule has 0 atom stereocenters. The maximum Gasteiger partial charge on any atom is 0.337 e. The number of rotatable bonds is 2.